The summed E-state index contributed by atoms with van der Waals surface area (Å²) in [5.74, 6) is 0.827. The second kappa shape index (κ2) is 7.99. The van der Waals surface area contributed by atoms with E-state index in [9.17, 15) is 4.79 Å². The first-order valence-electron chi connectivity index (χ1n) is 8.33. The number of ether oxygens (including phenoxy) is 1. The molecule has 0 aromatic rings. The van der Waals surface area contributed by atoms with Crippen LogP contribution in [0.5, 0.6) is 0 Å². The lowest BCUT2D eigenvalue weighted by Crippen LogP contribution is -2.41. The smallest absolute Gasteiger partial charge is 0.251 e. The Labute approximate surface area is 123 Å². The van der Waals surface area contributed by atoms with Crippen LogP contribution in [-0.2, 0) is 9.53 Å². The van der Waals surface area contributed by atoms with Crippen molar-refractivity contribution < 1.29 is 9.53 Å². The number of nitrogens with zero attached hydrogens (tertiary/aromatic N) is 1. The van der Waals surface area contributed by atoms with Crippen LogP contribution >= 0.6 is 0 Å². The molecule has 2 fully saturated rings. The molecule has 1 N–H and O–H groups in total. The fraction of sp³-hybridized carbons (Fsp3) is 0.938. The maximum Gasteiger partial charge on any atom is 0.251 e. The summed E-state index contributed by atoms with van der Waals surface area (Å²) in [6.45, 7) is 4.86. The third kappa shape index (κ3) is 4.19. The van der Waals surface area contributed by atoms with Crippen molar-refractivity contribution in [3.8, 4) is 0 Å². The van der Waals surface area contributed by atoms with Crippen LogP contribution < -0.4 is 5.32 Å². The number of carbonyl (C=O) groups is 1. The van der Waals surface area contributed by atoms with Crippen LogP contribution in [0, 0.1) is 5.92 Å². The Hall–Kier alpha value is -0.610. The maximum absolute atomic E-state index is 12.6. The molecule has 0 aromatic heterocycles. The van der Waals surface area contributed by atoms with Crippen molar-refractivity contribution in [3.05, 3.63) is 0 Å². The molecule has 4 nitrogen and oxygen atoms in total. The van der Waals surface area contributed by atoms with Crippen LogP contribution in [0.1, 0.15) is 51.9 Å². The number of nitrogens with one attached hydrogen (secondary N) is 1. The van der Waals surface area contributed by atoms with Crippen molar-refractivity contribution in [1.29, 1.82) is 0 Å². The zero-order chi connectivity index (χ0) is 14.4. The number of hydrogen-bond acceptors (Lipinski definition) is 3. The van der Waals surface area contributed by atoms with Gasteiger partial charge in [-0.25, -0.2) is 0 Å². The third-order valence-electron chi connectivity index (χ3n) is 4.65. The molecular formula is C16H30N2O2. The molecule has 0 aromatic carbocycles. The third-order valence-corrected chi connectivity index (χ3v) is 4.65. The van der Waals surface area contributed by atoms with Crippen molar-refractivity contribution in [1.82, 2.24) is 10.2 Å². The summed E-state index contributed by atoms with van der Waals surface area (Å²) in [6.07, 6.45) is 8.10. The van der Waals surface area contributed by atoms with Gasteiger partial charge in [-0.1, -0.05) is 26.2 Å². The van der Waals surface area contributed by atoms with Gasteiger partial charge >= 0.3 is 0 Å². The van der Waals surface area contributed by atoms with E-state index in [1.807, 2.05) is 11.9 Å². The van der Waals surface area contributed by atoms with Gasteiger partial charge in [0.1, 0.15) is 6.10 Å². The summed E-state index contributed by atoms with van der Waals surface area (Å²) in [7, 11) is 1.98. The lowest BCUT2D eigenvalue weighted by atomic mass is 9.97. The lowest BCUT2D eigenvalue weighted by Gasteiger charge is -2.29. The highest BCUT2D eigenvalue weighted by Crippen LogP contribution is 2.24. The lowest BCUT2D eigenvalue weighted by molar-refractivity contribution is -0.148. The summed E-state index contributed by atoms with van der Waals surface area (Å²) in [5, 5.41) is 3.21. The number of hydrogen-bond donors (Lipinski definition) is 1. The molecule has 0 radical (unpaired) electrons. The zero-order valence-corrected chi connectivity index (χ0v) is 13.1. The van der Waals surface area contributed by atoms with Crippen LogP contribution in [0.2, 0.25) is 0 Å². The molecule has 2 atom stereocenters. The predicted octanol–water partition coefficient (Wildman–Crippen LogP) is 2.18. The molecule has 4 heteroatoms. The quantitative estimate of drug-likeness (QED) is 0.812. The molecule has 2 unspecified atom stereocenters. The minimum absolute atomic E-state index is 0.216. The normalized spacial score (nSPS) is 25.9. The Morgan fingerprint density at radius 2 is 2.05 bits per heavy atom. The van der Waals surface area contributed by atoms with E-state index in [-0.39, 0.29) is 12.0 Å². The first-order valence-corrected chi connectivity index (χ1v) is 8.33. The Balaban J connectivity index is 1.82. The first kappa shape index (κ1) is 15.8. The molecule has 1 aliphatic carbocycles. The van der Waals surface area contributed by atoms with E-state index < -0.39 is 0 Å². The summed E-state index contributed by atoms with van der Waals surface area (Å²) in [5.41, 5.74) is 0. The van der Waals surface area contributed by atoms with E-state index in [0.717, 1.165) is 45.3 Å². The molecule has 1 heterocycles. The highest BCUT2D eigenvalue weighted by molar-refractivity contribution is 5.81. The molecule has 20 heavy (non-hydrogen) atoms. The van der Waals surface area contributed by atoms with Crippen LogP contribution in [0.4, 0.5) is 0 Å². The monoisotopic (exact) mass is 282 g/mol. The van der Waals surface area contributed by atoms with Gasteiger partial charge in [0.2, 0.25) is 0 Å². The molecule has 1 amide bonds. The molecule has 2 aliphatic rings. The van der Waals surface area contributed by atoms with Gasteiger partial charge in [-0.05, 0) is 45.2 Å². The molecule has 116 valence electrons. The Morgan fingerprint density at radius 1 is 1.30 bits per heavy atom. The van der Waals surface area contributed by atoms with Crippen LogP contribution in [0.15, 0.2) is 0 Å². The second-order valence-electron chi connectivity index (χ2n) is 6.29. The van der Waals surface area contributed by atoms with E-state index in [0.29, 0.717) is 12.0 Å². The Kier molecular flexibility index (Phi) is 6.30. The van der Waals surface area contributed by atoms with Gasteiger partial charge in [0, 0.05) is 13.1 Å². The Morgan fingerprint density at radius 3 is 2.70 bits per heavy atom. The van der Waals surface area contributed by atoms with Crippen LogP contribution in [0.3, 0.4) is 0 Å². The average molecular weight is 282 g/mol. The van der Waals surface area contributed by atoms with E-state index in [1.165, 1.54) is 19.3 Å². The number of likely N-dealkylation sites (tertiary alicyclic amines) is 1. The average Bonchev–Trinajstić information content (AvgIpc) is 2.94. The minimum atomic E-state index is -0.216. The molecule has 1 saturated carbocycles. The van der Waals surface area contributed by atoms with E-state index in [2.05, 4.69) is 12.2 Å². The molecule has 2 rings (SSSR count). The fourth-order valence-electron chi connectivity index (χ4n) is 3.45. The summed E-state index contributed by atoms with van der Waals surface area (Å²) in [4.78, 5) is 14.6. The van der Waals surface area contributed by atoms with Crippen molar-refractivity contribution in [2.75, 3.05) is 26.7 Å². The SMILES string of the molecule is CCC(OC1CCCCC1)C(=O)N1CCC(CNC)C1. The Bertz CT molecular complexity index is 303. The zero-order valence-electron chi connectivity index (χ0n) is 13.1. The van der Waals surface area contributed by atoms with Crippen LogP contribution in [0.25, 0.3) is 0 Å². The van der Waals surface area contributed by atoms with Gasteiger partial charge in [-0.2, -0.15) is 0 Å². The number of carbonyl (C=O) groups excluding carboxylic acids is 1. The van der Waals surface area contributed by atoms with Crippen LogP contribution in [-0.4, -0.2) is 49.7 Å². The van der Waals surface area contributed by atoms with Gasteiger partial charge in [0.15, 0.2) is 0 Å². The van der Waals surface area contributed by atoms with Gasteiger partial charge in [-0.3, -0.25) is 4.79 Å². The predicted molar refractivity (Wildman–Crippen MR) is 80.7 cm³/mol. The molecule has 1 saturated heterocycles. The largest absolute Gasteiger partial charge is 0.365 e. The number of rotatable bonds is 6. The highest BCUT2D eigenvalue weighted by Gasteiger charge is 2.31. The minimum Gasteiger partial charge on any atom is -0.365 e. The van der Waals surface area contributed by atoms with Gasteiger partial charge in [0.25, 0.3) is 5.91 Å². The molecule has 1 aliphatic heterocycles. The molecule has 0 spiro atoms. The summed E-state index contributed by atoms with van der Waals surface area (Å²) < 4.78 is 6.10. The number of amides is 1. The van der Waals surface area contributed by atoms with Gasteiger partial charge in [0.05, 0.1) is 6.10 Å². The topological polar surface area (TPSA) is 41.6 Å². The van der Waals surface area contributed by atoms with Gasteiger partial charge in [-0.15, -0.1) is 0 Å². The standard InChI is InChI=1S/C16H30N2O2/c1-3-15(20-14-7-5-4-6-8-14)16(19)18-10-9-13(12-18)11-17-2/h13-15,17H,3-12H2,1-2H3. The second-order valence-corrected chi connectivity index (χ2v) is 6.29. The first-order chi connectivity index (χ1) is 9.74. The van der Waals surface area contributed by atoms with Gasteiger partial charge < -0.3 is 15.0 Å². The molecule has 0 bridgehead atoms. The maximum atomic E-state index is 12.6. The van der Waals surface area contributed by atoms with Crippen molar-refractivity contribution in [2.45, 2.75) is 64.1 Å². The summed E-state index contributed by atoms with van der Waals surface area (Å²) in [6, 6.07) is 0. The van der Waals surface area contributed by atoms with E-state index >= 15 is 0 Å². The van der Waals surface area contributed by atoms with Crippen molar-refractivity contribution in [3.63, 3.8) is 0 Å². The van der Waals surface area contributed by atoms with E-state index in [1.54, 1.807) is 0 Å². The summed E-state index contributed by atoms with van der Waals surface area (Å²) >= 11 is 0. The molecular weight excluding hydrogens is 252 g/mol. The van der Waals surface area contributed by atoms with E-state index in [4.69, 9.17) is 4.74 Å². The fourth-order valence-corrected chi connectivity index (χ4v) is 3.45. The van der Waals surface area contributed by atoms with Crippen molar-refractivity contribution >= 4 is 5.91 Å². The van der Waals surface area contributed by atoms with Crippen molar-refractivity contribution in [2.24, 2.45) is 5.92 Å². The highest BCUT2D eigenvalue weighted by atomic mass is 16.5.